The van der Waals surface area contributed by atoms with Gasteiger partial charge in [-0.15, -0.1) is 0 Å². The predicted molar refractivity (Wildman–Crippen MR) is 150 cm³/mol. The summed E-state index contributed by atoms with van der Waals surface area (Å²) in [7, 11) is 3.83. The third-order valence-corrected chi connectivity index (χ3v) is 7.60. The first-order valence-electron chi connectivity index (χ1n) is 12.7. The van der Waals surface area contributed by atoms with Crippen LogP contribution in [0.25, 0.3) is 17.4 Å². The summed E-state index contributed by atoms with van der Waals surface area (Å²) in [6.07, 6.45) is -2.96. The number of benzene rings is 2. The van der Waals surface area contributed by atoms with Crippen molar-refractivity contribution in [2.45, 2.75) is 26.1 Å². The molecule has 0 N–H and O–H groups in total. The predicted octanol–water partition coefficient (Wildman–Crippen LogP) is 5.14. The number of aromatic nitrogens is 1. The topological polar surface area (TPSA) is 77.0 Å². The normalized spacial score (nSPS) is 15.5. The molecule has 1 unspecified atom stereocenters. The van der Waals surface area contributed by atoms with Crippen LogP contribution >= 0.6 is 11.3 Å². The smallest absolute Gasteiger partial charge is 0.416 e. The number of alkyl halides is 3. The van der Waals surface area contributed by atoms with E-state index in [2.05, 4.69) is 4.99 Å². The Kier molecular flexibility index (Phi) is 7.48. The molecule has 5 rings (SSSR count). The zero-order valence-corrected chi connectivity index (χ0v) is 23.5. The third-order valence-electron chi connectivity index (χ3n) is 6.62. The maximum Gasteiger partial charge on any atom is 0.416 e. The zero-order chi connectivity index (χ0) is 29.5. The van der Waals surface area contributed by atoms with Gasteiger partial charge in [-0.2, -0.15) is 13.2 Å². The highest BCUT2D eigenvalue weighted by Gasteiger charge is 2.33. The van der Waals surface area contributed by atoms with E-state index in [1.807, 2.05) is 43.3 Å². The van der Waals surface area contributed by atoms with E-state index in [0.717, 1.165) is 29.2 Å². The number of anilines is 1. The molecule has 3 heterocycles. The van der Waals surface area contributed by atoms with Crippen molar-refractivity contribution in [2.24, 2.45) is 4.99 Å². The van der Waals surface area contributed by atoms with E-state index in [1.54, 1.807) is 26.0 Å². The minimum absolute atomic E-state index is 0.166. The quantitative estimate of drug-likeness (QED) is 0.295. The minimum atomic E-state index is -4.48. The number of halogens is 3. The van der Waals surface area contributed by atoms with Crippen LogP contribution < -0.4 is 19.8 Å². The van der Waals surface area contributed by atoms with Crippen molar-refractivity contribution in [1.82, 2.24) is 4.57 Å². The van der Waals surface area contributed by atoms with Crippen LogP contribution in [0.5, 0.6) is 0 Å². The Morgan fingerprint density at radius 2 is 1.88 bits per heavy atom. The lowest BCUT2D eigenvalue weighted by Gasteiger charge is -2.25. The van der Waals surface area contributed by atoms with Crippen molar-refractivity contribution in [1.29, 1.82) is 0 Å². The summed E-state index contributed by atoms with van der Waals surface area (Å²) < 4.78 is 52.4. The summed E-state index contributed by atoms with van der Waals surface area (Å²) in [5, 5.41) is 0. The number of carbonyl (C=O) groups excluding carboxylic acids is 1. The molecule has 41 heavy (non-hydrogen) atoms. The molecule has 0 aliphatic carbocycles. The fraction of sp³-hybridized carbons (Fsp3) is 0.233. The van der Waals surface area contributed by atoms with Gasteiger partial charge in [-0.05, 0) is 55.8 Å². The highest BCUT2D eigenvalue weighted by molar-refractivity contribution is 7.07. The summed E-state index contributed by atoms with van der Waals surface area (Å²) in [5.74, 6) is -0.0354. The minimum Gasteiger partial charge on any atom is -0.463 e. The number of hydrogen-bond acceptors (Lipinski definition) is 7. The second kappa shape index (κ2) is 10.9. The number of ether oxygens (including phenoxy) is 1. The number of fused-ring (bicyclic) bond motifs is 1. The molecule has 11 heteroatoms. The van der Waals surface area contributed by atoms with Gasteiger partial charge in [0.15, 0.2) is 4.80 Å². The van der Waals surface area contributed by atoms with Gasteiger partial charge in [0.1, 0.15) is 11.5 Å². The van der Waals surface area contributed by atoms with Crippen LogP contribution in [0.15, 0.2) is 86.1 Å². The number of hydrogen-bond donors (Lipinski definition) is 0. The first-order valence-corrected chi connectivity index (χ1v) is 13.5. The van der Waals surface area contributed by atoms with Crippen LogP contribution in [0, 0.1) is 0 Å². The van der Waals surface area contributed by atoms with E-state index in [0.29, 0.717) is 20.6 Å². The van der Waals surface area contributed by atoms with E-state index in [1.165, 1.54) is 22.8 Å². The summed E-state index contributed by atoms with van der Waals surface area (Å²) in [6.45, 7) is 3.58. The lowest BCUT2D eigenvalue weighted by Crippen LogP contribution is -2.39. The average molecular weight is 582 g/mol. The van der Waals surface area contributed by atoms with Gasteiger partial charge in [0.05, 0.1) is 34.0 Å². The summed E-state index contributed by atoms with van der Waals surface area (Å²) in [6, 6.07) is 14.7. The van der Waals surface area contributed by atoms with Crippen LogP contribution in [0.1, 0.15) is 36.8 Å². The highest BCUT2D eigenvalue weighted by Crippen LogP contribution is 2.33. The Morgan fingerprint density at radius 1 is 1.15 bits per heavy atom. The monoisotopic (exact) mass is 581 g/mol. The van der Waals surface area contributed by atoms with Crippen LogP contribution in [0.2, 0.25) is 0 Å². The van der Waals surface area contributed by atoms with Gasteiger partial charge < -0.3 is 14.1 Å². The maximum absolute atomic E-state index is 13.8. The second-order valence-corrected chi connectivity index (χ2v) is 10.6. The molecule has 1 aliphatic heterocycles. The average Bonchev–Trinajstić information content (AvgIpc) is 3.52. The first-order chi connectivity index (χ1) is 19.5. The number of carbonyl (C=O) groups is 1. The number of allylic oxidation sites excluding steroid dienone is 1. The number of thiazole rings is 1. The molecule has 0 amide bonds. The van der Waals surface area contributed by atoms with E-state index in [4.69, 9.17) is 9.15 Å². The second-order valence-electron chi connectivity index (χ2n) is 9.57. The van der Waals surface area contributed by atoms with Crippen LogP contribution in [-0.4, -0.2) is 31.2 Å². The molecule has 7 nitrogen and oxygen atoms in total. The van der Waals surface area contributed by atoms with E-state index < -0.39 is 23.8 Å². The molecule has 0 spiro atoms. The van der Waals surface area contributed by atoms with Crippen LogP contribution in [-0.2, 0) is 15.7 Å². The molecule has 0 saturated heterocycles. The zero-order valence-electron chi connectivity index (χ0n) is 22.7. The lowest BCUT2D eigenvalue weighted by molar-refractivity contribution is -0.139. The maximum atomic E-state index is 13.8. The number of esters is 1. The molecule has 212 valence electrons. The van der Waals surface area contributed by atoms with Gasteiger partial charge in [-0.1, -0.05) is 35.6 Å². The third kappa shape index (κ3) is 5.49. The van der Waals surface area contributed by atoms with Crippen LogP contribution in [0.4, 0.5) is 18.9 Å². The molecule has 2 aromatic carbocycles. The molecular weight excluding hydrogens is 555 g/mol. The Balaban J connectivity index is 1.60. The van der Waals surface area contributed by atoms with E-state index in [9.17, 15) is 22.8 Å². The van der Waals surface area contributed by atoms with Crippen molar-refractivity contribution in [3.05, 3.63) is 109 Å². The Morgan fingerprint density at radius 3 is 2.54 bits per heavy atom. The summed E-state index contributed by atoms with van der Waals surface area (Å²) in [5.41, 5.74) is 1.47. The molecule has 0 radical (unpaired) electrons. The van der Waals surface area contributed by atoms with Gasteiger partial charge >= 0.3 is 12.1 Å². The molecule has 0 bridgehead atoms. The van der Waals surface area contributed by atoms with E-state index >= 15 is 0 Å². The Hall–Kier alpha value is -4.38. The van der Waals surface area contributed by atoms with Crippen molar-refractivity contribution in [3.8, 4) is 11.3 Å². The van der Waals surface area contributed by atoms with Gasteiger partial charge in [-0.3, -0.25) is 9.36 Å². The highest BCUT2D eigenvalue weighted by atomic mass is 32.1. The summed E-state index contributed by atoms with van der Waals surface area (Å²) in [4.78, 5) is 33.7. The van der Waals surface area contributed by atoms with Crippen molar-refractivity contribution < 1.29 is 27.1 Å². The molecule has 2 aromatic heterocycles. The molecule has 0 saturated carbocycles. The fourth-order valence-corrected chi connectivity index (χ4v) is 5.65. The SMILES string of the molecule is CCOC(=O)C1=C(C)N=c2s/c(=C\c3ccc(-c4cccc(C(F)(F)F)c4)o3)c(=O)n2C1c1ccc(N(C)C)cc1. The molecule has 1 aliphatic rings. The van der Waals surface area contributed by atoms with Crippen LogP contribution in [0.3, 0.4) is 0 Å². The molecule has 4 aromatic rings. The number of furan rings is 1. The fourth-order valence-electron chi connectivity index (χ4n) is 4.63. The van der Waals surface area contributed by atoms with Gasteiger partial charge in [0.2, 0.25) is 0 Å². The number of nitrogens with zero attached hydrogens (tertiary/aromatic N) is 3. The van der Waals surface area contributed by atoms with E-state index in [-0.39, 0.29) is 34.8 Å². The van der Waals surface area contributed by atoms with Crippen molar-refractivity contribution >= 4 is 29.1 Å². The Labute approximate surface area is 237 Å². The standard InChI is InChI=1S/C30H26F3N3O4S/c1-5-39-28(38)25-17(2)34-29-36(26(25)18-9-11-21(12-10-18)35(3)4)27(37)24(41-29)16-22-13-14-23(40-22)19-7-6-8-20(15-19)30(31,32)33/h6-16,26H,5H2,1-4H3/b24-16-. The Bertz CT molecular complexity index is 1830. The van der Waals surface area contributed by atoms with Gasteiger partial charge in [0, 0.05) is 31.4 Å². The molecular formula is C30H26F3N3O4S. The van der Waals surface area contributed by atoms with Crippen molar-refractivity contribution in [2.75, 3.05) is 25.6 Å². The first kappa shape index (κ1) is 28.2. The largest absolute Gasteiger partial charge is 0.463 e. The lowest BCUT2D eigenvalue weighted by atomic mass is 9.95. The van der Waals surface area contributed by atoms with Gasteiger partial charge in [0.25, 0.3) is 5.56 Å². The molecule has 0 fully saturated rings. The molecule has 1 atom stereocenters. The van der Waals surface area contributed by atoms with Gasteiger partial charge in [-0.25, -0.2) is 9.79 Å². The summed E-state index contributed by atoms with van der Waals surface area (Å²) >= 11 is 1.13. The number of rotatable bonds is 6. The van der Waals surface area contributed by atoms with Crippen molar-refractivity contribution in [3.63, 3.8) is 0 Å².